The van der Waals surface area contributed by atoms with Crippen LogP contribution in [0, 0.1) is 25.7 Å². The molecule has 2 heterocycles. The monoisotopic (exact) mass is 317 g/mol. The van der Waals surface area contributed by atoms with Crippen LogP contribution in [0.5, 0.6) is 0 Å². The highest BCUT2D eigenvalue weighted by molar-refractivity contribution is 5.89. The summed E-state index contributed by atoms with van der Waals surface area (Å²) in [5.41, 5.74) is 2.08. The second-order valence-corrected chi connectivity index (χ2v) is 6.80. The van der Waals surface area contributed by atoms with E-state index in [4.69, 9.17) is 0 Å². The van der Waals surface area contributed by atoms with Gasteiger partial charge >= 0.3 is 0 Å². The lowest BCUT2D eigenvalue weighted by Crippen LogP contribution is -2.34. The summed E-state index contributed by atoms with van der Waals surface area (Å²) in [5.74, 6) is 0.262. The first-order chi connectivity index (χ1) is 10.9. The number of hydrogen-bond donors (Lipinski definition) is 2. The van der Waals surface area contributed by atoms with Gasteiger partial charge in [0.1, 0.15) is 0 Å². The molecule has 2 amide bonds. The smallest absolute Gasteiger partial charge is 0.253 e. The molecule has 124 valence electrons. The van der Waals surface area contributed by atoms with Gasteiger partial charge in [0.15, 0.2) is 0 Å². The zero-order valence-corrected chi connectivity index (χ0v) is 13.6. The van der Waals surface area contributed by atoms with Crippen LogP contribution in [-0.2, 0) is 16.1 Å². The fourth-order valence-electron chi connectivity index (χ4n) is 3.16. The zero-order chi connectivity index (χ0) is 16.6. The van der Waals surface area contributed by atoms with Crippen LogP contribution in [0.3, 0.4) is 0 Å². The third-order valence-corrected chi connectivity index (χ3v) is 4.69. The summed E-state index contributed by atoms with van der Waals surface area (Å²) in [6, 6.07) is 1.89. The maximum atomic E-state index is 12.3. The molecule has 1 aliphatic carbocycles. The molecule has 1 saturated carbocycles. The van der Waals surface area contributed by atoms with E-state index in [1.54, 1.807) is 0 Å². The van der Waals surface area contributed by atoms with Crippen molar-refractivity contribution in [3.8, 4) is 0 Å². The summed E-state index contributed by atoms with van der Waals surface area (Å²) in [4.78, 5) is 40.8. The third kappa shape index (κ3) is 3.63. The lowest BCUT2D eigenvalue weighted by Gasteiger charge is -2.16. The highest BCUT2D eigenvalue weighted by Gasteiger charge is 2.37. The summed E-state index contributed by atoms with van der Waals surface area (Å²) in [7, 11) is 0. The molecule has 1 unspecified atom stereocenters. The number of pyridine rings is 1. The van der Waals surface area contributed by atoms with E-state index in [2.05, 4.69) is 10.3 Å². The molecule has 1 aromatic rings. The Balaban J connectivity index is 1.57. The number of likely N-dealkylation sites (tertiary alicyclic amines) is 1. The minimum Gasteiger partial charge on any atom is -0.351 e. The van der Waals surface area contributed by atoms with Crippen molar-refractivity contribution in [2.24, 2.45) is 11.8 Å². The van der Waals surface area contributed by atoms with Crippen LogP contribution in [0.2, 0.25) is 0 Å². The van der Waals surface area contributed by atoms with Crippen LogP contribution in [0.15, 0.2) is 10.9 Å². The summed E-state index contributed by atoms with van der Waals surface area (Å²) < 4.78 is 0. The van der Waals surface area contributed by atoms with Crippen molar-refractivity contribution in [1.82, 2.24) is 15.2 Å². The van der Waals surface area contributed by atoms with Crippen LogP contribution < -0.4 is 10.9 Å². The summed E-state index contributed by atoms with van der Waals surface area (Å²) in [6.45, 7) is 5.19. The number of aromatic amines is 1. The normalized spacial score (nSPS) is 20.9. The first-order valence-electron chi connectivity index (χ1n) is 8.19. The van der Waals surface area contributed by atoms with Crippen LogP contribution >= 0.6 is 0 Å². The molecule has 1 saturated heterocycles. The van der Waals surface area contributed by atoms with Gasteiger partial charge in [-0.25, -0.2) is 0 Å². The van der Waals surface area contributed by atoms with E-state index in [-0.39, 0.29) is 36.3 Å². The lowest BCUT2D eigenvalue weighted by molar-refractivity contribution is -0.129. The van der Waals surface area contributed by atoms with Crippen molar-refractivity contribution in [2.45, 2.75) is 39.7 Å². The van der Waals surface area contributed by atoms with E-state index < -0.39 is 0 Å². The highest BCUT2D eigenvalue weighted by atomic mass is 16.2. The molecule has 6 nitrogen and oxygen atoms in total. The summed E-state index contributed by atoms with van der Waals surface area (Å²) >= 11 is 0. The molecule has 3 rings (SSSR count). The van der Waals surface area contributed by atoms with Gasteiger partial charge in [0.2, 0.25) is 11.8 Å². The average molecular weight is 317 g/mol. The van der Waals surface area contributed by atoms with Crippen molar-refractivity contribution < 1.29 is 9.59 Å². The van der Waals surface area contributed by atoms with E-state index in [1.807, 2.05) is 24.8 Å². The van der Waals surface area contributed by atoms with Crippen molar-refractivity contribution in [3.63, 3.8) is 0 Å². The zero-order valence-electron chi connectivity index (χ0n) is 13.6. The predicted octanol–water partition coefficient (Wildman–Crippen LogP) is 0.866. The Morgan fingerprint density at radius 3 is 2.74 bits per heavy atom. The fourth-order valence-corrected chi connectivity index (χ4v) is 3.16. The average Bonchev–Trinajstić information content (AvgIpc) is 3.20. The first kappa shape index (κ1) is 15.8. The minimum atomic E-state index is -0.300. The Hall–Kier alpha value is -2.11. The van der Waals surface area contributed by atoms with E-state index in [9.17, 15) is 14.4 Å². The van der Waals surface area contributed by atoms with E-state index >= 15 is 0 Å². The number of rotatable bonds is 5. The van der Waals surface area contributed by atoms with Crippen molar-refractivity contribution in [1.29, 1.82) is 0 Å². The lowest BCUT2D eigenvalue weighted by atomic mass is 10.1. The SMILES string of the molecule is Cc1cc(C)c(CNC(=O)C2CC(=O)N(CC3CC3)C2)c(=O)[nH]1. The number of aromatic nitrogens is 1. The molecule has 0 aromatic carbocycles. The number of carbonyl (C=O) groups is 2. The molecular weight excluding hydrogens is 294 g/mol. The molecular formula is C17H23N3O3. The number of carbonyl (C=O) groups excluding carboxylic acids is 2. The largest absolute Gasteiger partial charge is 0.351 e. The van der Waals surface area contributed by atoms with Gasteiger partial charge in [-0.2, -0.15) is 0 Å². The van der Waals surface area contributed by atoms with Crippen LogP contribution in [0.4, 0.5) is 0 Å². The summed E-state index contributed by atoms with van der Waals surface area (Å²) in [6.07, 6.45) is 2.66. The van der Waals surface area contributed by atoms with Crippen LogP contribution in [-0.4, -0.2) is 34.8 Å². The number of H-pyrrole nitrogens is 1. The number of hydrogen-bond acceptors (Lipinski definition) is 3. The minimum absolute atomic E-state index is 0.0708. The molecule has 0 spiro atoms. The van der Waals surface area contributed by atoms with E-state index in [1.165, 1.54) is 12.8 Å². The molecule has 1 aliphatic heterocycles. The van der Waals surface area contributed by atoms with Gasteiger partial charge in [0, 0.05) is 37.3 Å². The maximum Gasteiger partial charge on any atom is 0.253 e. The molecule has 1 aromatic heterocycles. The number of amides is 2. The van der Waals surface area contributed by atoms with Gasteiger partial charge in [-0.15, -0.1) is 0 Å². The molecule has 2 aliphatic rings. The second-order valence-electron chi connectivity index (χ2n) is 6.80. The Morgan fingerprint density at radius 2 is 2.09 bits per heavy atom. The maximum absolute atomic E-state index is 12.3. The van der Waals surface area contributed by atoms with Gasteiger partial charge < -0.3 is 15.2 Å². The van der Waals surface area contributed by atoms with Gasteiger partial charge in [0.25, 0.3) is 5.56 Å². The molecule has 6 heteroatoms. The van der Waals surface area contributed by atoms with Crippen LogP contribution in [0.1, 0.15) is 36.1 Å². The fraction of sp³-hybridized carbons (Fsp3) is 0.588. The molecule has 0 bridgehead atoms. The van der Waals surface area contributed by atoms with Gasteiger partial charge in [-0.1, -0.05) is 0 Å². The van der Waals surface area contributed by atoms with Crippen LogP contribution in [0.25, 0.3) is 0 Å². The van der Waals surface area contributed by atoms with Gasteiger partial charge in [-0.05, 0) is 44.2 Å². The van der Waals surface area contributed by atoms with E-state index in [0.717, 1.165) is 17.8 Å². The summed E-state index contributed by atoms with van der Waals surface area (Å²) in [5, 5.41) is 2.81. The van der Waals surface area contributed by atoms with Crippen molar-refractivity contribution >= 4 is 11.8 Å². The van der Waals surface area contributed by atoms with Gasteiger partial charge in [0.05, 0.1) is 5.92 Å². The topological polar surface area (TPSA) is 82.3 Å². The third-order valence-electron chi connectivity index (χ3n) is 4.69. The Bertz CT molecular complexity index is 691. The Morgan fingerprint density at radius 1 is 1.35 bits per heavy atom. The van der Waals surface area contributed by atoms with Gasteiger partial charge in [-0.3, -0.25) is 14.4 Å². The Labute approximate surface area is 135 Å². The first-order valence-corrected chi connectivity index (χ1v) is 8.19. The molecule has 1 atom stereocenters. The number of aryl methyl sites for hydroxylation is 2. The molecule has 2 N–H and O–H groups in total. The standard InChI is InChI=1S/C17H23N3O3/c1-10-5-11(2)19-17(23)14(10)7-18-16(22)13-6-15(21)20(9-13)8-12-3-4-12/h5,12-13H,3-4,6-9H2,1-2H3,(H,18,22)(H,19,23). The van der Waals surface area contributed by atoms with E-state index in [0.29, 0.717) is 18.0 Å². The Kier molecular flexibility index (Phi) is 4.24. The number of nitrogens with one attached hydrogen (secondary N) is 2. The quantitative estimate of drug-likeness (QED) is 0.845. The second kappa shape index (κ2) is 6.18. The molecule has 23 heavy (non-hydrogen) atoms. The van der Waals surface area contributed by atoms with Crippen molar-refractivity contribution in [3.05, 3.63) is 33.2 Å². The number of nitrogens with zero attached hydrogens (tertiary/aromatic N) is 1. The van der Waals surface area contributed by atoms with Crippen molar-refractivity contribution in [2.75, 3.05) is 13.1 Å². The molecule has 2 fully saturated rings. The highest BCUT2D eigenvalue weighted by Crippen LogP contribution is 2.32. The molecule has 0 radical (unpaired) electrons. The predicted molar refractivity (Wildman–Crippen MR) is 85.8 cm³/mol.